The van der Waals surface area contributed by atoms with Crippen molar-refractivity contribution in [3.8, 4) is 0 Å². The molecule has 406 valence electrons. The highest BCUT2D eigenvalue weighted by Gasteiger charge is 2.35. The maximum Gasteiger partial charge on any atom is 0.268 e. The van der Waals surface area contributed by atoms with E-state index in [-0.39, 0.29) is 50.0 Å². The molecule has 24 nitrogen and oxygen atoms in total. The predicted octanol–water partition coefficient (Wildman–Crippen LogP) is -0.688. The Kier molecular flexibility index (Phi) is 23.3. The van der Waals surface area contributed by atoms with Gasteiger partial charge in [-0.15, -0.1) is 0 Å². The van der Waals surface area contributed by atoms with Gasteiger partial charge in [-0.05, 0) is 73.8 Å². The molecule has 0 aliphatic heterocycles. The zero-order chi connectivity index (χ0) is 55.4. The smallest absolute Gasteiger partial charge is 0.268 e. The second kappa shape index (κ2) is 29.2. The first-order valence-corrected chi connectivity index (χ1v) is 25.8. The van der Waals surface area contributed by atoms with E-state index in [9.17, 15) is 47.9 Å². The number of hydrazine groups is 1. The number of primary amides is 2. The third-order valence-electron chi connectivity index (χ3n) is 12.0. The lowest BCUT2D eigenvalue weighted by atomic mass is 10.0. The number of hydrogen-bond acceptors (Lipinski definition) is 13. The van der Waals surface area contributed by atoms with Crippen LogP contribution >= 0.6 is 11.8 Å². The summed E-state index contributed by atoms with van der Waals surface area (Å²) in [6.07, 6.45) is 5.99. The zero-order valence-corrected chi connectivity index (χ0v) is 43.7. The Morgan fingerprint density at radius 3 is 1.93 bits per heavy atom. The number of nitrogens with zero attached hydrogens (tertiary/aromatic N) is 2. The number of carbonyl (C=O) groups is 10. The summed E-state index contributed by atoms with van der Waals surface area (Å²) >= 11 is 1.47. The lowest BCUT2D eigenvalue weighted by molar-refractivity contribution is -0.135. The van der Waals surface area contributed by atoms with E-state index in [0.717, 1.165) is 10.9 Å². The molecule has 0 unspecified atom stereocenters. The van der Waals surface area contributed by atoms with Gasteiger partial charge in [-0.2, -0.15) is 11.8 Å². The second-order valence-corrected chi connectivity index (χ2v) is 19.7. The highest BCUT2D eigenvalue weighted by atomic mass is 32.2. The van der Waals surface area contributed by atoms with Crippen molar-refractivity contribution in [1.82, 2.24) is 57.2 Å². The van der Waals surface area contributed by atoms with E-state index in [2.05, 4.69) is 52.2 Å². The molecule has 25 heteroatoms. The van der Waals surface area contributed by atoms with Crippen molar-refractivity contribution in [1.29, 1.82) is 0 Å². The summed E-state index contributed by atoms with van der Waals surface area (Å²) in [7, 11) is 0. The number of amides is 10. The Morgan fingerprint density at radius 1 is 0.680 bits per heavy atom. The van der Waals surface area contributed by atoms with Crippen LogP contribution in [0.1, 0.15) is 81.9 Å². The van der Waals surface area contributed by atoms with E-state index in [1.54, 1.807) is 44.3 Å². The molecule has 2 aromatic heterocycles. The number of nitrogens with two attached hydrogens (primary N) is 3. The number of aromatic amines is 2. The summed E-state index contributed by atoms with van der Waals surface area (Å²) in [6, 6.07) is 6.37. The number of H-pyrrole nitrogens is 2. The van der Waals surface area contributed by atoms with Crippen molar-refractivity contribution in [3.63, 3.8) is 0 Å². The number of benzene rings is 2. The van der Waals surface area contributed by atoms with Gasteiger partial charge in [0.2, 0.25) is 53.2 Å². The second-order valence-electron chi connectivity index (χ2n) is 18.7. The van der Waals surface area contributed by atoms with Gasteiger partial charge < -0.3 is 58.7 Å². The number of fused-ring (bicyclic) bond motifs is 1. The number of hydrogen-bond donors (Lipinski definition) is 12. The molecule has 2 heterocycles. The molecule has 4 aromatic rings. The first kappa shape index (κ1) is 59.8. The lowest BCUT2D eigenvalue weighted by Gasteiger charge is -2.29. The molecule has 0 bridgehead atoms. The van der Waals surface area contributed by atoms with E-state index in [1.807, 2.05) is 38.3 Å². The highest BCUT2D eigenvalue weighted by molar-refractivity contribution is 7.98. The summed E-state index contributed by atoms with van der Waals surface area (Å²) < 4.78 is 0. The number of thioether (sulfide) groups is 1. The minimum atomic E-state index is -1.46. The summed E-state index contributed by atoms with van der Waals surface area (Å²) in [5.74, 6) is -1.53. The normalized spacial score (nSPS) is 14.0. The molecule has 15 N–H and O–H groups in total. The van der Waals surface area contributed by atoms with Gasteiger partial charge in [-0.3, -0.25) is 53.0 Å². The van der Waals surface area contributed by atoms with Gasteiger partial charge in [-0.25, -0.2) is 10.8 Å². The highest BCUT2D eigenvalue weighted by Crippen LogP contribution is 2.20. The van der Waals surface area contributed by atoms with Crippen LogP contribution in [0.4, 0.5) is 0 Å². The average Bonchev–Trinajstić information content (AvgIpc) is 4.05. The van der Waals surface area contributed by atoms with Crippen LogP contribution in [0.2, 0.25) is 0 Å². The molecule has 2 aromatic carbocycles. The van der Waals surface area contributed by atoms with Gasteiger partial charge in [0.1, 0.15) is 42.3 Å². The number of nitrogens with one attached hydrogen (secondary N) is 9. The largest absolute Gasteiger partial charge is 0.370 e. The van der Waals surface area contributed by atoms with Crippen LogP contribution in [0, 0.1) is 11.8 Å². The van der Waals surface area contributed by atoms with Crippen LogP contribution < -0.4 is 54.5 Å². The van der Waals surface area contributed by atoms with Crippen molar-refractivity contribution in [2.45, 2.75) is 115 Å². The van der Waals surface area contributed by atoms with Crippen LogP contribution in [-0.4, -0.2) is 140 Å². The minimum absolute atomic E-state index is 0.0768. The number of carbonyl (C=O) groups excluding carboxylic acids is 10. The summed E-state index contributed by atoms with van der Waals surface area (Å²) in [6.45, 7) is 7.68. The topological polar surface area (TPSA) is 381 Å². The van der Waals surface area contributed by atoms with Gasteiger partial charge in [0.25, 0.3) is 5.91 Å². The monoisotopic (exact) mass is 1060 g/mol. The Balaban J connectivity index is 1.46. The first-order valence-electron chi connectivity index (χ1n) is 24.4. The van der Waals surface area contributed by atoms with Crippen molar-refractivity contribution in [3.05, 3.63) is 90.1 Å². The first-order chi connectivity index (χ1) is 35.6. The van der Waals surface area contributed by atoms with Crippen molar-refractivity contribution >= 4 is 81.7 Å². The van der Waals surface area contributed by atoms with Gasteiger partial charge in [0.05, 0.1) is 12.9 Å². The SMILES string of the molecule is CSCC[C@H](NC(=O)[C@H](CC(C)C)NC(=O)[C@H](Cc1cnc[nH]1)NC(=O)CNC(=O)[C@@H](NC(=O)[C@H](C)NC(=O)[C@H](Cc1c[nH]c2ccccc12)NC(=O)[C@H](CCC(N)=O)N(N)C(=O)c1ccccc1)C(C)C)C(N)=O. The molecular weight excluding hydrogens is 989 g/mol. The van der Waals surface area contributed by atoms with Gasteiger partial charge in [0, 0.05) is 53.8 Å². The minimum Gasteiger partial charge on any atom is -0.370 e. The Bertz CT molecular complexity index is 2610. The maximum absolute atomic E-state index is 14.2. The molecule has 0 fully saturated rings. The molecule has 0 radical (unpaired) electrons. The van der Waals surface area contributed by atoms with Crippen molar-refractivity contribution < 1.29 is 47.9 Å². The van der Waals surface area contributed by atoms with Crippen LogP contribution in [-0.2, 0) is 56.0 Å². The van der Waals surface area contributed by atoms with E-state index in [0.29, 0.717) is 22.0 Å². The number of para-hydroxylation sites is 1. The third kappa shape index (κ3) is 18.6. The molecule has 0 aliphatic rings. The van der Waals surface area contributed by atoms with E-state index < -0.39 is 114 Å². The Morgan fingerprint density at radius 2 is 1.31 bits per heavy atom. The number of rotatable bonds is 30. The number of aromatic nitrogens is 3. The molecule has 4 rings (SSSR count). The fourth-order valence-corrected chi connectivity index (χ4v) is 8.33. The summed E-state index contributed by atoms with van der Waals surface area (Å²) in [5.41, 5.74) is 12.9. The van der Waals surface area contributed by atoms with Gasteiger partial charge in [0.15, 0.2) is 0 Å². The molecule has 0 saturated heterocycles. The molecule has 0 saturated carbocycles. The Labute approximate surface area is 438 Å². The third-order valence-corrected chi connectivity index (χ3v) is 12.6. The maximum atomic E-state index is 14.2. The molecule has 0 aliphatic carbocycles. The van der Waals surface area contributed by atoms with Crippen LogP contribution in [0.15, 0.2) is 73.3 Å². The van der Waals surface area contributed by atoms with Crippen molar-refractivity contribution in [2.75, 3.05) is 18.6 Å². The number of imidazole rings is 1. The standard InChI is InChI=1S/C50H70N14O10S/c1-27(2)20-36(46(70)60-35(43(52)67)18-19-75-6)61-47(71)38(22-32-24-54-26-57-32)59-41(66)25-56-49(73)42(28(3)4)63-44(68)29(5)58-45(69)37(21-31-23-55-34-15-11-10-14-33(31)34)62-48(72)39(16-17-40(51)65)64(53)50(74)30-12-8-7-9-13-30/h7-15,23-24,26-29,35-39,42,55H,16-22,25,53H2,1-6H3,(H2,51,65)(H2,52,67)(H,54,57)(H,56,73)(H,58,69)(H,59,66)(H,60,70)(H,61,71)(H,62,72)(H,63,68)/t29-,35-,36-,37-,38-,39-,42-/m0/s1. The molecule has 75 heavy (non-hydrogen) atoms. The molecule has 0 spiro atoms. The lowest BCUT2D eigenvalue weighted by Crippen LogP contribution is -2.60. The van der Waals surface area contributed by atoms with Gasteiger partial charge in [-0.1, -0.05) is 64.1 Å². The van der Waals surface area contributed by atoms with E-state index in [1.165, 1.54) is 43.3 Å². The average molecular weight is 1060 g/mol. The molecular formula is C50H70N14O10S. The predicted molar refractivity (Wildman–Crippen MR) is 280 cm³/mol. The fourth-order valence-electron chi connectivity index (χ4n) is 7.85. The van der Waals surface area contributed by atoms with Crippen LogP contribution in [0.25, 0.3) is 10.9 Å². The fraction of sp³-hybridized carbons (Fsp3) is 0.460. The quantitative estimate of drug-likeness (QED) is 0.0175. The van der Waals surface area contributed by atoms with Crippen molar-refractivity contribution in [2.24, 2.45) is 29.1 Å². The van der Waals surface area contributed by atoms with Gasteiger partial charge >= 0.3 is 0 Å². The molecule has 7 atom stereocenters. The van der Waals surface area contributed by atoms with Crippen LogP contribution in [0.3, 0.4) is 0 Å². The molecule has 10 amide bonds. The Hall–Kier alpha value is -7.80. The van der Waals surface area contributed by atoms with E-state index in [4.69, 9.17) is 17.3 Å². The van der Waals surface area contributed by atoms with E-state index >= 15 is 0 Å². The summed E-state index contributed by atoms with van der Waals surface area (Å²) in [5, 5.41) is 19.7. The summed E-state index contributed by atoms with van der Waals surface area (Å²) in [4.78, 5) is 144. The van der Waals surface area contributed by atoms with Crippen LogP contribution in [0.5, 0.6) is 0 Å². The zero-order valence-electron chi connectivity index (χ0n) is 42.9.